The van der Waals surface area contributed by atoms with Crippen molar-refractivity contribution in [2.45, 2.75) is 17.9 Å². The van der Waals surface area contributed by atoms with Crippen LogP contribution in [0, 0.1) is 0 Å². The van der Waals surface area contributed by atoms with Crippen LogP contribution in [-0.2, 0) is 0 Å². The highest BCUT2D eigenvalue weighted by molar-refractivity contribution is 9.10. The Labute approximate surface area is 120 Å². The molecule has 18 heavy (non-hydrogen) atoms. The number of hydrogen-bond acceptors (Lipinski definition) is 3. The molecular weight excluding hydrogens is 310 g/mol. The molecule has 0 radical (unpaired) electrons. The van der Waals surface area contributed by atoms with Crippen molar-refractivity contribution in [1.82, 2.24) is 5.32 Å². The zero-order valence-electron chi connectivity index (χ0n) is 10.2. The Balaban J connectivity index is 2.01. The van der Waals surface area contributed by atoms with Crippen molar-refractivity contribution < 1.29 is 4.42 Å². The highest BCUT2D eigenvalue weighted by Crippen LogP contribution is 2.29. The second kappa shape index (κ2) is 7.02. The first-order chi connectivity index (χ1) is 8.81. The van der Waals surface area contributed by atoms with E-state index in [1.807, 2.05) is 23.9 Å². The summed E-state index contributed by atoms with van der Waals surface area (Å²) in [6.07, 6.45) is 1.72. The molecule has 1 heterocycles. The summed E-state index contributed by atoms with van der Waals surface area (Å²) in [6.45, 7) is 3.03. The van der Waals surface area contributed by atoms with Crippen LogP contribution < -0.4 is 5.32 Å². The minimum absolute atomic E-state index is 0.226. The molecule has 1 N–H and O–H groups in total. The predicted octanol–water partition coefficient (Wildman–Crippen LogP) is 4.49. The molecule has 1 aromatic carbocycles. The van der Waals surface area contributed by atoms with E-state index in [2.05, 4.69) is 52.4 Å². The fourth-order valence-electron chi connectivity index (χ4n) is 1.72. The molecule has 96 valence electrons. The van der Waals surface area contributed by atoms with Gasteiger partial charge in [-0.3, -0.25) is 0 Å². The molecular formula is C14H16BrNOS. The third-order valence-electron chi connectivity index (χ3n) is 2.57. The van der Waals surface area contributed by atoms with Gasteiger partial charge in [-0.05, 0) is 40.7 Å². The van der Waals surface area contributed by atoms with E-state index >= 15 is 0 Å². The van der Waals surface area contributed by atoms with E-state index < -0.39 is 0 Å². The summed E-state index contributed by atoms with van der Waals surface area (Å²) in [5.41, 5.74) is 0. The third-order valence-corrected chi connectivity index (χ3v) is 4.33. The summed E-state index contributed by atoms with van der Waals surface area (Å²) >= 11 is 5.35. The van der Waals surface area contributed by atoms with Crippen LogP contribution in [0.25, 0.3) is 0 Å². The normalized spacial score (nSPS) is 12.6. The molecule has 0 aliphatic carbocycles. The largest absolute Gasteiger partial charge is 0.466 e. The number of thioether (sulfide) groups is 1. The molecule has 1 aromatic heterocycles. The number of rotatable bonds is 6. The average molecular weight is 326 g/mol. The lowest BCUT2D eigenvalue weighted by Gasteiger charge is -2.15. The Bertz CT molecular complexity index is 472. The molecule has 0 fully saturated rings. The van der Waals surface area contributed by atoms with Crippen molar-refractivity contribution in [2.24, 2.45) is 0 Å². The Kier molecular flexibility index (Phi) is 5.35. The van der Waals surface area contributed by atoms with Gasteiger partial charge in [-0.1, -0.05) is 25.1 Å². The summed E-state index contributed by atoms with van der Waals surface area (Å²) in [5, 5.41) is 3.45. The summed E-state index contributed by atoms with van der Waals surface area (Å²) in [6, 6.07) is 12.6. The van der Waals surface area contributed by atoms with Gasteiger partial charge in [-0.15, -0.1) is 11.8 Å². The third kappa shape index (κ3) is 3.64. The number of nitrogens with one attached hydrogen (secondary N) is 1. The van der Waals surface area contributed by atoms with Gasteiger partial charge >= 0.3 is 0 Å². The maximum absolute atomic E-state index is 5.54. The average Bonchev–Trinajstić information content (AvgIpc) is 2.82. The zero-order chi connectivity index (χ0) is 12.8. The van der Waals surface area contributed by atoms with Gasteiger partial charge in [-0.2, -0.15) is 0 Å². The van der Waals surface area contributed by atoms with Gasteiger partial charge in [0.1, 0.15) is 5.76 Å². The topological polar surface area (TPSA) is 25.2 Å². The minimum atomic E-state index is 0.226. The van der Waals surface area contributed by atoms with Gasteiger partial charge in [0.05, 0.1) is 16.8 Å². The van der Waals surface area contributed by atoms with Crippen molar-refractivity contribution in [2.75, 3.05) is 12.3 Å². The van der Waals surface area contributed by atoms with Crippen molar-refractivity contribution in [3.05, 3.63) is 52.9 Å². The van der Waals surface area contributed by atoms with Crippen LogP contribution in [0.5, 0.6) is 0 Å². The summed E-state index contributed by atoms with van der Waals surface area (Å²) in [5.74, 6) is 1.92. The Morgan fingerprint density at radius 2 is 2.06 bits per heavy atom. The van der Waals surface area contributed by atoms with Gasteiger partial charge in [0.2, 0.25) is 0 Å². The second-order valence-electron chi connectivity index (χ2n) is 3.87. The summed E-state index contributed by atoms with van der Waals surface area (Å²) < 4.78 is 6.57. The Morgan fingerprint density at radius 1 is 1.28 bits per heavy atom. The van der Waals surface area contributed by atoms with Gasteiger partial charge < -0.3 is 9.73 Å². The lowest BCUT2D eigenvalue weighted by molar-refractivity contribution is 0.438. The van der Waals surface area contributed by atoms with Crippen LogP contribution in [0.3, 0.4) is 0 Å². The van der Waals surface area contributed by atoms with Gasteiger partial charge in [0.25, 0.3) is 0 Å². The predicted molar refractivity (Wildman–Crippen MR) is 80.0 cm³/mol. The van der Waals surface area contributed by atoms with Gasteiger partial charge in [0, 0.05) is 10.6 Å². The summed E-state index contributed by atoms with van der Waals surface area (Å²) in [4.78, 5) is 1.28. The SMILES string of the molecule is CCNC(CSc1ccccc1)c1occc1Br. The number of benzene rings is 1. The van der Waals surface area contributed by atoms with Crippen LogP contribution in [0.2, 0.25) is 0 Å². The van der Waals surface area contributed by atoms with Crippen molar-refractivity contribution in [1.29, 1.82) is 0 Å². The van der Waals surface area contributed by atoms with Crippen molar-refractivity contribution in [3.8, 4) is 0 Å². The first-order valence-corrected chi connectivity index (χ1v) is 7.73. The van der Waals surface area contributed by atoms with Gasteiger partial charge in [-0.25, -0.2) is 0 Å². The molecule has 0 saturated heterocycles. The van der Waals surface area contributed by atoms with Crippen LogP contribution in [0.15, 0.2) is 56.4 Å². The van der Waals surface area contributed by atoms with E-state index in [-0.39, 0.29) is 6.04 Å². The van der Waals surface area contributed by atoms with Crippen molar-refractivity contribution >= 4 is 27.7 Å². The van der Waals surface area contributed by atoms with E-state index in [1.54, 1.807) is 6.26 Å². The summed E-state index contributed by atoms with van der Waals surface area (Å²) in [7, 11) is 0. The molecule has 0 saturated carbocycles. The first kappa shape index (κ1) is 13.7. The lowest BCUT2D eigenvalue weighted by Crippen LogP contribution is -2.22. The molecule has 0 aliphatic rings. The number of halogens is 1. The van der Waals surface area contributed by atoms with Gasteiger partial charge in [0.15, 0.2) is 0 Å². The van der Waals surface area contributed by atoms with E-state index in [9.17, 15) is 0 Å². The zero-order valence-corrected chi connectivity index (χ0v) is 12.6. The van der Waals surface area contributed by atoms with Crippen LogP contribution in [-0.4, -0.2) is 12.3 Å². The molecule has 1 unspecified atom stereocenters. The second-order valence-corrected chi connectivity index (χ2v) is 5.81. The molecule has 0 bridgehead atoms. The Morgan fingerprint density at radius 3 is 2.67 bits per heavy atom. The maximum Gasteiger partial charge on any atom is 0.135 e. The fraction of sp³-hybridized carbons (Fsp3) is 0.286. The Hall–Kier alpha value is -0.710. The van der Waals surface area contributed by atoms with Crippen LogP contribution >= 0.6 is 27.7 Å². The molecule has 0 spiro atoms. The maximum atomic E-state index is 5.54. The molecule has 0 aliphatic heterocycles. The molecule has 2 rings (SSSR count). The van der Waals surface area contributed by atoms with Crippen molar-refractivity contribution in [3.63, 3.8) is 0 Å². The van der Waals surface area contributed by atoms with Crippen LogP contribution in [0.4, 0.5) is 0 Å². The molecule has 2 aromatic rings. The highest BCUT2D eigenvalue weighted by atomic mass is 79.9. The highest BCUT2D eigenvalue weighted by Gasteiger charge is 2.17. The van der Waals surface area contributed by atoms with Crippen LogP contribution in [0.1, 0.15) is 18.7 Å². The number of hydrogen-bond donors (Lipinski definition) is 1. The smallest absolute Gasteiger partial charge is 0.135 e. The standard InChI is InChI=1S/C14H16BrNOS/c1-2-16-13(14-12(15)8-9-17-14)10-18-11-6-4-3-5-7-11/h3-9,13,16H,2,10H2,1H3. The number of furan rings is 1. The molecule has 1 atom stereocenters. The molecule has 2 nitrogen and oxygen atoms in total. The quantitative estimate of drug-likeness (QED) is 0.792. The fourth-order valence-corrected chi connectivity index (χ4v) is 3.18. The van der Waals surface area contributed by atoms with E-state index in [1.165, 1.54) is 4.90 Å². The minimum Gasteiger partial charge on any atom is -0.466 e. The van der Waals surface area contributed by atoms with E-state index in [4.69, 9.17) is 4.42 Å². The lowest BCUT2D eigenvalue weighted by atomic mass is 10.2. The van der Waals surface area contributed by atoms with E-state index in [0.717, 1.165) is 22.5 Å². The monoisotopic (exact) mass is 325 g/mol. The molecule has 0 amide bonds. The first-order valence-electron chi connectivity index (χ1n) is 5.95. The molecule has 4 heteroatoms. The van der Waals surface area contributed by atoms with E-state index in [0.29, 0.717) is 0 Å².